The first-order chi connectivity index (χ1) is 14.2. The van der Waals surface area contributed by atoms with Gasteiger partial charge in [0.15, 0.2) is 10.9 Å². The lowest BCUT2D eigenvalue weighted by Crippen LogP contribution is -2.21. The zero-order chi connectivity index (χ0) is 19.8. The Morgan fingerprint density at radius 3 is 3.10 bits per heavy atom. The van der Waals surface area contributed by atoms with E-state index in [4.69, 9.17) is 9.15 Å². The summed E-state index contributed by atoms with van der Waals surface area (Å²) in [6.07, 6.45) is 1.51. The van der Waals surface area contributed by atoms with E-state index in [2.05, 4.69) is 15.2 Å². The van der Waals surface area contributed by atoms with Gasteiger partial charge in [-0.1, -0.05) is 12.1 Å². The van der Waals surface area contributed by atoms with Crippen LogP contribution in [0.5, 0.6) is 5.75 Å². The predicted octanol–water partition coefficient (Wildman–Crippen LogP) is 4.70. The Hall–Kier alpha value is -3.19. The molecule has 29 heavy (non-hydrogen) atoms. The highest BCUT2D eigenvalue weighted by atomic mass is 32.2. The fourth-order valence-corrected chi connectivity index (χ4v) is 4.50. The second kappa shape index (κ2) is 7.33. The number of carbonyl (C=O) groups excluding carboxylic acids is 1. The minimum atomic E-state index is -0.220. The Bertz CT molecular complexity index is 1120. The van der Waals surface area contributed by atoms with E-state index in [1.165, 1.54) is 6.26 Å². The molecule has 2 aliphatic rings. The molecule has 3 heterocycles. The summed E-state index contributed by atoms with van der Waals surface area (Å²) in [6, 6.07) is 15.4. The number of rotatable bonds is 5. The van der Waals surface area contributed by atoms with Gasteiger partial charge < -0.3 is 19.4 Å². The molecule has 3 aromatic rings. The SMILES string of the molecule is Cc1cccc(OCc2occc2C(=O)Nc2ccc3c(c2)N2CCN=C2S3)c1. The van der Waals surface area contributed by atoms with Crippen LogP contribution < -0.4 is 15.0 Å². The molecule has 0 saturated heterocycles. The van der Waals surface area contributed by atoms with Crippen LogP contribution in [0.15, 0.2) is 69.1 Å². The number of furan rings is 1. The Kier molecular flexibility index (Phi) is 4.52. The molecule has 2 aromatic carbocycles. The van der Waals surface area contributed by atoms with Crippen LogP contribution in [0.2, 0.25) is 0 Å². The van der Waals surface area contributed by atoms with E-state index < -0.39 is 0 Å². The number of anilines is 2. The maximum atomic E-state index is 12.8. The summed E-state index contributed by atoms with van der Waals surface area (Å²) in [4.78, 5) is 20.7. The molecule has 146 valence electrons. The van der Waals surface area contributed by atoms with Gasteiger partial charge in [0.2, 0.25) is 0 Å². The zero-order valence-corrected chi connectivity index (χ0v) is 16.7. The van der Waals surface area contributed by atoms with Crippen LogP contribution in [-0.2, 0) is 6.61 Å². The molecule has 1 N–H and O–H groups in total. The maximum absolute atomic E-state index is 12.8. The van der Waals surface area contributed by atoms with Crippen LogP contribution >= 0.6 is 11.8 Å². The first-order valence-electron chi connectivity index (χ1n) is 9.38. The molecule has 7 heteroatoms. The third kappa shape index (κ3) is 3.49. The summed E-state index contributed by atoms with van der Waals surface area (Å²) in [5.41, 5.74) is 3.42. The normalized spacial score (nSPS) is 14.4. The van der Waals surface area contributed by atoms with Gasteiger partial charge >= 0.3 is 0 Å². The second-order valence-corrected chi connectivity index (χ2v) is 7.93. The number of fused-ring (bicyclic) bond motifs is 3. The number of amides is 1. The van der Waals surface area contributed by atoms with Gasteiger partial charge in [-0.3, -0.25) is 9.79 Å². The molecule has 0 bridgehead atoms. The Labute approximate surface area is 172 Å². The van der Waals surface area contributed by atoms with Crippen molar-refractivity contribution in [2.75, 3.05) is 23.3 Å². The van der Waals surface area contributed by atoms with E-state index in [-0.39, 0.29) is 12.5 Å². The number of nitrogens with zero attached hydrogens (tertiary/aromatic N) is 2. The fraction of sp³-hybridized carbons (Fsp3) is 0.182. The maximum Gasteiger partial charge on any atom is 0.259 e. The van der Waals surface area contributed by atoms with Gasteiger partial charge in [0.25, 0.3) is 5.91 Å². The number of aliphatic imine (C=N–C) groups is 1. The monoisotopic (exact) mass is 405 g/mol. The lowest BCUT2D eigenvalue weighted by atomic mass is 10.2. The van der Waals surface area contributed by atoms with E-state index >= 15 is 0 Å². The standard InChI is InChI=1S/C22H19N3O3S/c1-14-3-2-4-16(11-14)28-13-19-17(7-10-27-19)21(26)24-15-5-6-20-18(12-15)25-9-8-23-22(25)29-20/h2-7,10-12H,8-9,13H2,1H3,(H,24,26). The van der Waals surface area contributed by atoms with Crippen molar-refractivity contribution in [2.45, 2.75) is 18.4 Å². The fourth-order valence-electron chi connectivity index (χ4n) is 3.44. The molecule has 0 atom stereocenters. The van der Waals surface area contributed by atoms with Gasteiger partial charge in [0.05, 0.1) is 24.1 Å². The number of carbonyl (C=O) groups is 1. The van der Waals surface area contributed by atoms with Crippen LogP contribution in [0.25, 0.3) is 0 Å². The van der Waals surface area contributed by atoms with Crippen LogP contribution in [-0.4, -0.2) is 24.2 Å². The van der Waals surface area contributed by atoms with E-state index in [0.29, 0.717) is 11.3 Å². The van der Waals surface area contributed by atoms with Gasteiger partial charge in [-0.15, -0.1) is 0 Å². The van der Waals surface area contributed by atoms with Crippen molar-refractivity contribution in [3.05, 3.63) is 71.7 Å². The molecular formula is C22H19N3O3S. The first kappa shape index (κ1) is 17.9. The number of nitrogens with one attached hydrogen (secondary N) is 1. The molecule has 1 aromatic heterocycles. The zero-order valence-electron chi connectivity index (χ0n) is 15.8. The summed E-state index contributed by atoms with van der Waals surface area (Å²) < 4.78 is 11.3. The molecule has 0 spiro atoms. The van der Waals surface area contributed by atoms with Gasteiger partial charge in [0, 0.05) is 17.1 Å². The molecule has 0 radical (unpaired) electrons. The van der Waals surface area contributed by atoms with E-state index in [9.17, 15) is 4.79 Å². The van der Waals surface area contributed by atoms with Gasteiger partial charge in [-0.25, -0.2) is 0 Å². The van der Waals surface area contributed by atoms with Crippen LogP contribution in [0, 0.1) is 6.92 Å². The number of amidine groups is 1. The Morgan fingerprint density at radius 2 is 2.21 bits per heavy atom. The highest BCUT2D eigenvalue weighted by Gasteiger charge is 2.29. The van der Waals surface area contributed by atoms with Gasteiger partial charge in [-0.05, 0) is 60.6 Å². The number of thioether (sulfide) groups is 1. The number of hydrogen-bond acceptors (Lipinski definition) is 6. The average Bonchev–Trinajstić information content (AvgIpc) is 3.42. The summed E-state index contributed by atoms with van der Waals surface area (Å²) >= 11 is 1.67. The molecule has 0 saturated carbocycles. The van der Waals surface area contributed by atoms with Crippen LogP contribution in [0.1, 0.15) is 21.7 Å². The number of aryl methyl sites for hydroxylation is 1. The van der Waals surface area contributed by atoms with Crippen LogP contribution in [0.3, 0.4) is 0 Å². The third-order valence-electron chi connectivity index (χ3n) is 4.86. The lowest BCUT2D eigenvalue weighted by molar-refractivity contribution is 0.102. The van der Waals surface area contributed by atoms with Crippen LogP contribution in [0.4, 0.5) is 11.4 Å². The number of benzene rings is 2. The summed E-state index contributed by atoms with van der Waals surface area (Å²) in [7, 11) is 0. The van der Waals surface area contributed by atoms with E-state index in [1.54, 1.807) is 17.8 Å². The molecule has 0 fully saturated rings. The second-order valence-electron chi connectivity index (χ2n) is 6.92. The Morgan fingerprint density at radius 1 is 1.28 bits per heavy atom. The van der Waals surface area contributed by atoms with Crippen molar-refractivity contribution < 1.29 is 13.9 Å². The molecule has 1 amide bonds. The minimum Gasteiger partial charge on any atom is -0.486 e. The number of ether oxygens (including phenoxy) is 1. The summed E-state index contributed by atoms with van der Waals surface area (Å²) in [5.74, 6) is 1.02. The van der Waals surface area contributed by atoms with Gasteiger partial charge in [0.1, 0.15) is 12.4 Å². The largest absolute Gasteiger partial charge is 0.486 e. The van der Waals surface area contributed by atoms with Crippen molar-refractivity contribution in [1.82, 2.24) is 0 Å². The van der Waals surface area contributed by atoms with Crippen molar-refractivity contribution in [1.29, 1.82) is 0 Å². The Balaban J connectivity index is 1.29. The summed E-state index contributed by atoms with van der Waals surface area (Å²) in [6.45, 7) is 3.89. The smallest absolute Gasteiger partial charge is 0.259 e. The molecule has 5 rings (SSSR count). The predicted molar refractivity (Wildman–Crippen MR) is 114 cm³/mol. The molecular weight excluding hydrogens is 386 g/mol. The van der Waals surface area contributed by atoms with Crippen molar-refractivity contribution in [3.8, 4) is 5.75 Å². The summed E-state index contributed by atoms with van der Waals surface area (Å²) in [5, 5.41) is 4.01. The third-order valence-corrected chi connectivity index (χ3v) is 5.96. The molecule has 6 nitrogen and oxygen atoms in total. The van der Waals surface area contributed by atoms with Crippen molar-refractivity contribution >= 4 is 34.2 Å². The average molecular weight is 405 g/mol. The van der Waals surface area contributed by atoms with Crippen molar-refractivity contribution in [2.24, 2.45) is 4.99 Å². The molecule has 0 unspecified atom stereocenters. The molecule has 2 aliphatic heterocycles. The van der Waals surface area contributed by atoms with E-state index in [0.717, 1.165) is 45.8 Å². The first-order valence-corrected chi connectivity index (χ1v) is 10.2. The highest BCUT2D eigenvalue weighted by molar-refractivity contribution is 8.14. The van der Waals surface area contributed by atoms with E-state index in [1.807, 2.05) is 49.4 Å². The van der Waals surface area contributed by atoms with Crippen molar-refractivity contribution in [3.63, 3.8) is 0 Å². The number of hydrogen-bond donors (Lipinski definition) is 1. The lowest BCUT2D eigenvalue weighted by Gasteiger charge is -2.14. The molecule has 0 aliphatic carbocycles. The quantitative estimate of drug-likeness (QED) is 0.666. The minimum absolute atomic E-state index is 0.188. The topological polar surface area (TPSA) is 67.1 Å². The van der Waals surface area contributed by atoms with Gasteiger partial charge in [-0.2, -0.15) is 0 Å². The highest BCUT2D eigenvalue weighted by Crippen LogP contribution is 2.43.